The van der Waals surface area contributed by atoms with Gasteiger partial charge in [-0.05, 0) is 12.3 Å². The molecule has 1 rings (SSSR count). The van der Waals surface area contributed by atoms with Gasteiger partial charge in [-0.3, -0.25) is 4.98 Å². The third-order valence-electron chi connectivity index (χ3n) is 2.52. The molecule has 0 aromatic carbocycles. The van der Waals surface area contributed by atoms with Crippen LogP contribution in [0.25, 0.3) is 0 Å². The maximum atomic E-state index is 4.11. The van der Waals surface area contributed by atoms with Crippen LogP contribution in [0.1, 0.15) is 44.4 Å². The van der Waals surface area contributed by atoms with E-state index in [4.69, 9.17) is 0 Å². The van der Waals surface area contributed by atoms with E-state index in [-0.39, 0.29) is 0 Å². The Morgan fingerprint density at radius 2 is 2.31 bits per heavy atom. The average molecular weight is 197 g/mol. The highest BCUT2D eigenvalue weighted by molar-refractivity contribution is 7.09. The Balaban J connectivity index is 2.31. The summed E-state index contributed by atoms with van der Waals surface area (Å²) in [5, 5.41) is 0. The highest BCUT2D eigenvalue weighted by Gasteiger charge is 2.07. The number of hydrogen-bond acceptors (Lipinski definition) is 2. The molecule has 0 aliphatic rings. The van der Waals surface area contributed by atoms with Crippen LogP contribution in [0.2, 0.25) is 0 Å². The quantitative estimate of drug-likeness (QED) is 0.674. The summed E-state index contributed by atoms with van der Waals surface area (Å²) in [6.45, 7) is 4.56. The predicted molar refractivity (Wildman–Crippen MR) is 59.1 cm³/mol. The van der Waals surface area contributed by atoms with Gasteiger partial charge in [-0.2, -0.15) is 0 Å². The summed E-state index contributed by atoms with van der Waals surface area (Å²) < 4.78 is 0. The molecule has 74 valence electrons. The molecular weight excluding hydrogens is 178 g/mol. The van der Waals surface area contributed by atoms with E-state index in [9.17, 15) is 0 Å². The minimum absolute atomic E-state index is 0.875. The molecule has 1 nitrogen and oxygen atoms in total. The van der Waals surface area contributed by atoms with Crippen LogP contribution >= 0.6 is 11.3 Å². The van der Waals surface area contributed by atoms with Crippen molar-refractivity contribution in [3.05, 3.63) is 16.6 Å². The Morgan fingerprint density at radius 3 is 2.85 bits per heavy atom. The Morgan fingerprint density at radius 1 is 1.46 bits per heavy atom. The first-order valence-corrected chi connectivity index (χ1v) is 6.12. The topological polar surface area (TPSA) is 12.9 Å². The molecule has 13 heavy (non-hydrogen) atoms. The van der Waals surface area contributed by atoms with Gasteiger partial charge in [0.15, 0.2) is 0 Å². The van der Waals surface area contributed by atoms with Crippen LogP contribution in [0.4, 0.5) is 0 Å². The van der Waals surface area contributed by atoms with E-state index in [0.29, 0.717) is 0 Å². The lowest BCUT2D eigenvalue weighted by molar-refractivity contribution is 0.451. The highest BCUT2D eigenvalue weighted by atomic mass is 32.1. The van der Waals surface area contributed by atoms with Crippen LogP contribution in [0.5, 0.6) is 0 Å². The van der Waals surface area contributed by atoms with Gasteiger partial charge in [-0.15, -0.1) is 11.3 Å². The van der Waals surface area contributed by atoms with Crippen LogP contribution in [0.15, 0.2) is 11.7 Å². The second kappa shape index (κ2) is 6.14. The van der Waals surface area contributed by atoms with Crippen LogP contribution in [0, 0.1) is 5.92 Å². The van der Waals surface area contributed by atoms with Crippen molar-refractivity contribution in [2.24, 2.45) is 5.92 Å². The van der Waals surface area contributed by atoms with E-state index >= 15 is 0 Å². The average Bonchev–Trinajstić information content (AvgIpc) is 2.64. The van der Waals surface area contributed by atoms with Gasteiger partial charge in [0.1, 0.15) is 0 Å². The van der Waals surface area contributed by atoms with Crippen molar-refractivity contribution in [2.45, 2.75) is 46.0 Å². The van der Waals surface area contributed by atoms with Crippen LogP contribution in [-0.4, -0.2) is 4.98 Å². The minimum atomic E-state index is 0.875. The summed E-state index contributed by atoms with van der Waals surface area (Å²) in [4.78, 5) is 5.56. The SMILES string of the molecule is CCCCC(CC)Cc1cncs1. The van der Waals surface area contributed by atoms with Gasteiger partial charge < -0.3 is 0 Å². The largest absolute Gasteiger partial charge is 0.253 e. The first-order chi connectivity index (χ1) is 6.36. The zero-order chi connectivity index (χ0) is 9.52. The molecule has 1 aromatic rings. The summed E-state index contributed by atoms with van der Waals surface area (Å²) in [7, 11) is 0. The second-order valence-corrected chi connectivity index (χ2v) is 4.56. The third-order valence-corrected chi connectivity index (χ3v) is 3.32. The Bertz CT molecular complexity index is 206. The molecule has 0 amide bonds. The molecule has 0 saturated heterocycles. The van der Waals surface area contributed by atoms with Crippen molar-refractivity contribution >= 4 is 11.3 Å². The Hall–Kier alpha value is -0.370. The summed E-state index contributed by atoms with van der Waals surface area (Å²) >= 11 is 1.79. The maximum absolute atomic E-state index is 4.11. The lowest BCUT2D eigenvalue weighted by Crippen LogP contribution is -2.01. The molecule has 1 heterocycles. The van der Waals surface area contributed by atoms with Crippen LogP contribution in [0.3, 0.4) is 0 Å². The molecule has 1 unspecified atom stereocenters. The summed E-state index contributed by atoms with van der Waals surface area (Å²) in [5.41, 5.74) is 1.93. The Labute approximate surface area is 85.2 Å². The van der Waals surface area contributed by atoms with Crippen molar-refractivity contribution in [1.29, 1.82) is 0 Å². The van der Waals surface area contributed by atoms with Gasteiger partial charge in [-0.25, -0.2) is 0 Å². The van der Waals surface area contributed by atoms with Crippen molar-refractivity contribution < 1.29 is 0 Å². The van der Waals surface area contributed by atoms with E-state index in [1.165, 1.54) is 37.0 Å². The van der Waals surface area contributed by atoms with Crippen LogP contribution in [-0.2, 0) is 6.42 Å². The number of hydrogen-bond donors (Lipinski definition) is 0. The van der Waals surface area contributed by atoms with Crippen LogP contribution < -0.4 is 0 Å². The predicted octanol–water partition coefficient (Wildman–Crippen LogP) is 3.90. The van der Waals surface area contributed by atoms with Crippen molar-refractivity contribution in [1.82, 2.24) is 4.98 Å². The third kappa shape index (κ3) is 3.90. The number of rotatable bonds is 6. The van der Waals surface area contributed by atoms with E-state index in [1.54, 1.807) is 11.3 Å². The number of nitrogens with zero attached hydrogens (tertiary/aromatic N) is 1. The summed E-state index contributed by atoms with van der Waals surface area (Å²) in [6, 6.07) is 0. The van der Waals surface area contributed by atoms with Gasteiger partial charge in [0.05, 0.1) is 5.51 Å². The molecule has 0 fully saturated rings. The van der Waals surface area contributed by atoms with Gasteiger partial charge in [0.2, 0.25) is 0 Å². The van der Waals surface area contributed by atoms with Gasteiger partial charge >= 0.3 is 0 Å². The van der Waals surface area contributed by atoms with Crippen molar-refractivity contribution in [2.75, 3.05) is 0 Å². The first kappa shape index (κ1) is 10.7. The molecule has 1 aromatic heterocycles. The first-order valence-electron chi connectivity index (χ1n) is 5.24. The van der Waals surface area contributed by atoms with Gasteiger partial charge in [0, 0.05) is 11.1 Å². The molecule has 0 bridgehead atoms. The second-order valence-electron chi connectivity index (χ2n) is 3.59. The molecule has 1 atom stereocenters. The minimum Gasteiger partial charge on any atom is -0.253 e. The molecule has 0 aliphatic heterocycles. The van der Waals surface area contributed by atoms with Gasteiger partial charge in [-0.1, -0.05) is 39.5 Å². The smallest absolute Gasteiger partial charge is 0.0794 e. The fourth-order valence-electron chi connectivity index (χ4n) is 1.57. The molecular formula is C11H19NS. The zero-order valence-electron chi connectivity index (χ0n) is 8.62. The number of unbranched alkanes of at least 4 members (excludes halogenated alkanes) is 1. The van der Waals surface area contributed by atoms with Crippen molar-refractivity contribution in [3.63, 3.8) is 0 Å². The Kier molecular flexibility index (Phi) is 5.06. The lowest BCUT2D eigenvalue weighted by Gasteiger charge is -2.12. The molecule has 0 radical (unpaired) electrons. The zero-order valence-corrected chi connectivity index (χ0v) is 9.44. The standard InChI is InChI=1S/C11H19NS/c1-3-5-6-10(4-2)7-11-8-12-9-13-11/h8-10H,3-7H2,1-2H3. The van der Waals surface area contributed by atoms with Gasteiger partial charge in [0.25, 0.3) is 0 Å². The van der Waals surface area contributed by atoms with E-state index in [0.717, 1.165) is 5.92 Å². The molecule has 0 spiro atoms. The molecule has 2 heteroatoms. The van der Waals surface area contributed by atoms with E-state index < -0.39 is 0 Å². The lowest BCUT2D eigenvalue weighted by atomic mass is 9.95. The summed E-state index contributed by atoms with van der Waals surface area (Å²) in [5.74, 6) is 0.875. The molecule has 0 aliphatic carbocycles. The highest BCUT2D eigenvalue weighted by Crippen LogP contribution is 2.20. The fourth-order valence-corrected chi connectivity index (χ4v) is 2.28. The van der Waals surface area contributed by atoms with E-state index in [2.05, 4.69) is 18.8 Å². The van der Waals surface area contributed by atoms with E-state index in [1.807, 2.05) is 11.7 Å². The monoisotopic (exact) mass is 197 g/mol. The summed E-state index contributed by atoms with van der Waals surface area (Å²) in [6.07, 6.45) is 8.62. The molecule has 0 N–H and O–H groups in total. The number of thiazole rings is 1. The normalized spacial score (nSPS) is 13.1. The number of aromatic nitrogens is 1. The fraction of sp³-hybridized carbons (Fsp3) is 0.727. The maximum Gasteiger partial charge on any atom is 0.0794 e. The molecule has 0 saturated carbocycles. The van der Waals surface area contributed by atoms with Crippen molar-refractivity contribution in [3.8, 4) is 0 Å².